The summed E-state index contributed by atoms with van der Waals surface area (Å²) in [7, 11) is 5.71. The van der Waals surface area contributed by atoms with Gasteiger partial charge in [-0.05, 0) is 19.2 Å². The van der Waals surface area contributed by atoms with Gasteiger partial charge in [0.05, 0.1) is 6.61 Å². The molecule has 1 N–H and O–H groups in total. The van der Waals surface area contributed by atoms with E-state index in [0.717, 1.165) is 58.4 Å². The molecule has 1 saturated heterocycles. The number of aliphatic imine (C=N–C) groups is 1. The summed E-state index contributed by atoms with van der Waals surface area (Å²) in [6.07, 6.45) is 0. The normalized spacial score (nSPS) is 15.3. The highest BCUT2D eigenvalue weighted by Gasteiger charge is 2.19. The zero-order valence-corrected chi connectivity index (χ0v) is 18.0. The van der Waals surface area contributed by atoms with Crippen LogP contribution in [0.25, 0.3) is 0 Å². The molecule has 6 nitrogen and oxygen atoms in total. The molecule has 0 saturated carbocycles. The SMILES string of the molecule is CN=C(NCCN(C)CCOC)N1CCN(c2ccccc2)CC1.I. The van der Waals surface area contributed by atoms with Crippen molar-refractivity contribution in [3.05, 3.63) is 30.3 Å². The van der Waals surface area contributed by atoms with Crippen molar-refractivity contribution in [2.45, 2.75) is 0 Å². The lowest BCUT2D eigenvalue weighted by Crippen LogP contribution is -2.53. The number of benzene rings is 1. The lowest BCUT2D eigenvalue weighted by Gasteiger charge is -2.37. The summed E-state index contributed by atoms with van der Waals surface area (Å²) in [4.78, 5) is 11.5. The van der Waals surface area contributed by atoms with Crippen LogP contribution in [0.5, 0.6) is 0 Å². The van der Waals surface area contributed by atoms with Crippen LogP contribution in [0, 0.1) is 0 Å². The number of guanidine groups is 1. The molecule has 142 valence electrons. The first-order valence-corrected chi connectivity index (χ1v) is 8.67. The predicted molar refractivity (Wildman–Crippen MR) is 116 cm³/mol. The molecule has 0 atom stereocenters. The lowest BCUT2D eigenvalue weighted by molar-refractivity contribution is 0.162. The van der Waals surface area contributed by atoms with Gasteiger partial charge >= 0.3 is 0 Å². The smallest absolute Gasteiger partial charge is 0.193 e. The van der Waals surface area contributed by atoms with Crippen molar-refractivity contribution in [3.8, 4) is 0 Å². The molecule has 0 spiro atoms. The van der Waals surface area contributed by atoms with Crippen LogP contribution in [-0.4, -0.2) is 89.4 Å². The predicted octanol–water partition coefficient (Wildman–Crippen LogP) is 1.58. The second-order valence-electron chi connectivity index (χ2n) is 6.08. The number of para-hydroxylation sites is 1. The fourth-order valence-electron chi connectivity index (χ4n) is 2.87. The Morgan fingerprint density at radius 2 is 1.84 bits per heavy atom. The highest BCUT2D eigenvalue weighted by Crippen LogP contribution is 2.15. The second-order valence-corrected chi connectivity index (χ2v) is 6.08. The average molecular weight is 461 g/mol. The number of anilines is 1. The Bertz CT molecular complexity index is 491. The number of rotatable bonds is 7. The molecule has 0 aromatic heterocycles. The Labute approximate surface area is 169 Å². The number of ether oxygens (including phenoxy) is 1. The van der Waals surface area contributed by atoms with Crippen molar-refractivity contribution in [1.29, 1.82) is 0 Å². The highest BCUT2D eigenvalue weighted by atomic mass is 127. The number of piperazine rings is 1. The summed E-state index contributed by atoms with van der Waals surface area (Å²) in [5, 5.41) is 3.48. The number of hydrogen-bond donors (Lipinski definition) is 1. The summed E-state index contributed by atoms with van der Waals surface area (Å²) < 4.78 is 5.10. The third kappa shape index (κ3) is 7.37. The van der Waals surface area contributed by atoms with Crippen molar-refractivity contribution in [2.75, 3.05) is 78.5 Å². The van der Waals surface area contributed by atoms with Gasteiger partial charge in [0.25, 0.3) is 0 Å². The van der Waals surface area contributed by atoms with E-state index in [1.165, 1.54) is 5.69 Å². The van der Waals surface area contributed by atoms with E-state index in [9.17, 15) is 0 Å². The maximum Gasteiger partial charge on any atom is 0.193 e. The molecule has 1 aliphatic heterocycles. The third-order valence-electron chi connectivity index (χ3n) is 4.37. The van der Waals surface area contributed by atoms with Gasteiger partial charge in [-0.2, -0.15) is 0 Å². The standard InChI is InChI=1S/C18H31N5O.HI/c1-19-18(20-9-10-21(2)15-16-24-3)23-13-11-22(12-14-23)17-7-5-4-6-8-17;/h4-8H,9-16H2,1-3H3,(H,19,20);1H. The molecule has 0 radical (unpaired) electrons. The van der Waals surface area contributed by atoms with Gasteiger partial charge in [0.15, 0.2) is 5.96 Å². The molecule has 1 heterocycles. The zero-order chi connectivity index (χ0) is 17.2. The molecule has 25 heavy (non-hydrogen) atoms. The Balaban J connectivity index is 0.00000312. The first-order valence-electron chi connectivity index (χ1n) is 8.67. The minimum atomic E-state index is 0. The van der Waals surface area contributed by atoms with E-state index in [4.69, 9.17) is 4.74 Å². The molecular weight excluding hydrogens is 429 g/mol. The van der Waals surface area contributed by atoms with Gasteiger partial charge in [-0.3, -0.25) is 4.99 Å². The first-order chi connectivity index (χ1) is 11.7. The van der Waals surface area contributed by atoms with Gasteiger partial charge in [-0.1, -0.05) is 18.2 Å². The Kier molecular flexibility index (Phi) is 10.8. The summed E-state index contributed by atoms with van der Waals surface area (Å²) in [6, 6.07) is 10.6. The van der Waals surface area contributed by atoms with E-state index in [1.807, 2.05) is 7.05 Å². The second kappa shape index (κ2) is 12.3. The molecule has 0 aliphatic carbocycles. The zero-order valence-electron chi connectivity index (χ0n) is 15.6. The number of hydrogen-bond acceptors (Lipinski definition) is 4. The van der Waals surface area contributed by atoms with Crippen molar-refractivity contribution in [1.82, 2.24) is 15.1 Å². The van der Waals surface area contributed by atoms with E-state index in [2.05, 4.69) is 62.4 Å². The number of halogens is 1. The maximum atomic E-state index is 5.10. The van der Waals surface area contributed by atoms with Gasteiger partial charge in [0.1, 0.15) is 0 Å². The van der Waals surface area contributed by atoms with Crippen LogP contribution >= 0.6 is 24.0 Å². The monoisotopic (exact) mass is 461 g/mol. The molecule has 2 rings (SSSR count). The fraction of sp³-hybridized carbons (Fsp3) is 0.611. The molecule has 0 unspecified atom stereocenters. The lowest BCUT2D eigenvalue weighted by atomic mass is 10.2. The van der Waals surface area contributed by atoms with Gasteiger partial charge in [0.2, 0.25) is 0 Å². The molecular formula is C18H32IN5O. The van der Waals surface area contributed by atoms with Crippen LogP contribution < -0.4 is 10.2 Å². The summed E-state index contributed by atoms with van der Waals surface area (Å²) in [6.45, 7) is 7.64. The summed E-state index contributed by atoms with van der Waals surface area (Å²) >= 11 is 0. The number of likely N-dealkylation sites (N-methyl/N-ethyl adjacent to an activating group) is 1. The molecule has 1 fully saturated rings. The fourth-order valence-corrected chi connectivity index (χ4v) is 2.87. The van der Waals surface area contributed by atoms with Crippen molar-refractivity contribution in [3.63, 3.8) is 0 Å². The molecule has 0 bridgehead atoms. The maximum absolute atomic E-state index is 5.10. The molecule has 1 aromatic rings. The summed E-state index contributed by atoms with van der Waals surface area (Å²) in [5.74, 6) is 1.00. The minimum absolute atomic E-state index is 0. The topological polar surface area (TPSA) is 43.3 Å². The van der Waals surface area contributed by atoms with Gasteiger partial charge in [-0.15, -0.1) is 24.0 Å². The summed E-state index contributed by atoms with van der Waals surface area (Å²) in [5.41, 5.74) is 1.31. The van der Waals surface area contributed by atoms with Crippen LogP contribution in [0.3, 0.4) is 0 Å². The van der Waals surface area contributed by atoms with E-state index in [-0.39, 0.29) is 24.0 Å². The van der Waals surface area contributed by atoms with E-state index in [1.54, 1.807) is 7.11 Å². The molecule has 0 amide bonds. The first kappa shape index (κ1) is 22.0. The van der Waals surface area contributed by atoms with Crippen molar-refractivity contribution in [2.24, 2.45) is 4.99 Å². The third-order valence-corrected chi connectivity index (χ3v) is 4.37. The molecule has 1 aliphatic rings. The largest absolute Gasteiger partial charge is 0.383 e. The van der Waals surface area contributed by atoms with E-state index < -0.39 is 0 Å². The van der Waals surface area contributed by atoms with Crippen LogP contribution in [0.2, 0.25) is 0 Å². The van der Waals surface area contributed by atoms with Gasteiger partial charge < -0.3 is 24.8 Å². The average Bonchev–Trinajstić information content (AvgIpc) is 2.64. The van der Waals surface area contributed by atoms with Gasteiger partial charge in [0, 0.05) is 65.7 Å². The quantitative estimate of drug-likeness (QED) is 0.380. The Morgan fingerprint density at radius 3 is 2.44 bits per heavy atom. The van der Waals surface area contributed by atoms with Crippen molar-refractivity contribution >= 4 is 35.6 Å². The van der Waals surface area contributed by atoms with Gasteiger partial charge in [-0.25, -0.2) is 0 Å². The highest BCUT2D eigenvalue weighted by molar-refractivity contribution is 14.0. The Hall–Kier alpha value is -1.06. The van der Waals surface area contributed by atoms with Crippen LogP contribution in [-0.2, 0) is 4.74 Å². The van der Waals surface area contributed by atoms with Crippen molar-refractivity contribution < 1.29 is 4.74 Å². The Morgan fingerprint density at radius 1 is 1.16 bits per heavy atom. The number of nitrogens with zero attached hydrogens (tertiary/aromatic N) is 4. The molecule has 7 heteroatoms. The minimum Gasteiger partial charge on any atom is -0.383 e. The van der Waals surface area contributed by atoms with Crippen LogP contribution in [0.15, 0.2) is 35.3 Å². The van der Waals surface area contributed by atoms with E-state index >= 15 is 0 Å². The number of nitrogens with one attached hydrogen (secondary N) is 1. The molecule has 1 aromatic carbocycles. The number of methoxy groups -OCH3 is 1. The van der Waals surface area contributed by atoms with Crippen LogP contribution in [0.4, 0.5) is 5.69 Å². The van der Waals surface area contributed by atoms with Crippen LogP contribution in [0.1, 0.15) is 0 Å². The van der Waals surface area contributed by atoms with E-state index in [0.29, 0.717) is 0 Å².